The maximum atomic E-state index is 12.3. The number of carbonyl (C=O) groups excluding carboxylic acids is 3. The zero-order valence-electron chi connectivity index (χ0n) is 13.9. The third-order valence-electron chi connectivity index (χ3n) is 4.14. The summed E-state index contributed by atoms with van der Waals surface area (Å²) in [4.78, 5) is 37.5. The second-order valence-electron chi connectivity index (χ2n) is 5.87. The molecule has 0 saturated carbocycles. The number of hydrogen-bond donors (Lipinski definition) is 2. The average Bonchev–Trinajstić information content (AvgIpc) is 3.29. The Balaban J connectivity index is 1.62. The van der Waals surface area contributed by atoms with Gasteiger partial charge in [0.25, 0.3) is 17.7 Å². The van der Waals surface area contributed by atoms with Gasteiger partial charge in [-0.3, -0.25) is 30.0 Å². The second kappa shape index (κ2) is 6.40. The van der Waals surface area contributed by atoms with Gasteiger partial charge in [-0.15, -0.1) is 6.58 Å². The number of thioether (sulfide) groups is 1. The van der Waals surface area contributed by atoms with E-state index in [2.05, 4.69) is 11.9 Å². The Morgan fingerprint density at radius 3 is 2.70 bits per heavy atom. The number of amidine groups is 1. The van der Waals surface area contributed by atoms with Crippen molar-refractivity contribution in [3.05, 3.63) is 64.8 Å². The third-order valence-corrected chi connectivity index (χ3v) is 5.07. The molecular formula is C19H13N3O4S. The van der Waals surface area contributed by atoms with E-state index in [0.29, 0.717) is 33.1 Å². The Morgan fingerprint density at radius 2 is 1.93 bits per heavy atom. The van der Waals surface area contributed by atoms with Crippen LogP contribution in [0.15, 0.2) is 52.3 Å². The van der Waals surface area contributed by atoms with Crippen LogP contribution in [-0.4, -0.2) is 34.3 Å². The first-order chi connectivity index (χ1) is 13.0. The number of rotatable bonds is 4. The van der Waals surface area contributed by atoms with Crippen LogP contribution in [0.4, 0.5) is 0 Å². The first kappa shape index (κ1) is 17.0. The normalized spacial score (nSPS) is 17.6. The highest BCUT2D eigenvalue weighted by Crippen LogP contribution is 2.33. The van der Waals surface area contributed by atoms with Crippen LogP contribution in [0.1, 0.15) is 26.5 Å². The monoisotopic (exact) mass is 379 g/mol. The molecule has 0 radical (unpaired) electrons. The van der Waals surface area contributed by atoms with E-state index in [4.69, 9.17) is 9.83 Å². The smallest absolute Gasteiger partial charge is 0.267 e. The summed E-state index contributed by atoms with van der Waals surface area (Å²) in [7, 11) is 0. The minimum atomic E-state index is -0.431. The topological polar surface area (TPSA) is 103 Å². The molecule has 7 nitrogen and oxygen atoms in total. The molecule has 4 rings (SSSR count). The quantitative estimate of drug-likeness (QED) is 0.483. The molecule has 1 aromatic carbocycles. The van der Waals surface area contributed by atoms with Crippen LogP contribution in [0.2, 0.25) is 0 Å². The van der Waals surface area contributed by atoms with Gasteiger partial charge in [0.05, 0.1) is 16.0 Å². The summed E-state index contributed by atoms with van der Waals surface area (Å²) in [5.74, 6) is -0.148. The van der Waals surface area contributed by atoms with E-state index < -0.39 is 11.8 Å². The van der Waals surface area contributed by atoms with Gasteiger partial charge in [0, 0.05) is 18.2 Å². The summed E-state index contributed by atoms with van der Waals surface area (Å²) in [6, 6.07) is 8.30. The zero-order chi connectivity index (χ0) is 19.1. The lowest BCUT2D eigenvalue weighted by Crippen LogP contribution is -2.28. The first-order valence-electron chi connectivity index (χ1n) is 7.98. The van der Waals surface area contributed by atoms with Gasteiger partial charge >= 0.3 is 0 Å². The van der Waals surface area contributed by atoms with Crippen molar-refractivity contribution >= 4 is 40.7 Å². The number of imide groups is 1. The van der Waals surface area contributed by atoms with Crippen molar-refractivity contribution in [3.8, 4) is 11.3 Å². The predicted molar refractivity (Wildman–Crippen MR) is 101 cm³/mol. The minimum Gasteiger partial charge on any atom is -0.457 e. The highest BCUT2D eigenvalue weighted by molar-refractivity contribution is 8.18. The molecule has 8 heteroatoms. The lowest BCUT2D eigenvalue weighted by Gasteiger charge is -2.09. The predicted octanol–water partition coefficient (Wildman–Crippen LogP) is 2.87. The lowest BCUT2D eigenvalue weighted by atomic mass is 10.0. The molecule has 0 atom stereocenters. The largest absolute Gasteiger partial charge is 0.457 e. The van der Waals surface area contributed by atoms with Crippen molar-refractivity contribution in [1.82, 2.24) is 10.2 Å². The molecule has 2 aromatic rings. The van der Waals surface area contributed by atoms with Gasteiger partial charge in [-0.2, -0.15) is 0 Å². The Labute approximate surface area is 158 Å². The van der Waals surface area contributed by atoms with Gasteiger partial charge in [-0.05, 0) is 36.0 Å². The Hall–Kier alpha value is -3.39. The molecule has 2 aliphatic heterocycles. The highest BCUT2D eigenvalue weighted by Gasteiger charge is 2.31. The number of hydrogen-bond acceptors (Lipinski definition) is 6. The number of nitrogens with zero attached hydrogens (tertiary/aromatic N) is 1. The average molecular weight is 379 g/mol. The van der Waals surface area contributed by atoms with E-state index in [-0.39, 0.29) is 17.6 Å². The fourth-order valence-corrected chi connectivity index (χ4v) is 3.70. The molecule has 134 valence electrons. The number of amides is 3. The van der Waals surface area contributed by atoms with E-state index in [1.165, 1.54) is 4.90 Å². The molecule has 2 N–H and O–H groups in total. The van der Waals surface area contributed by atoms with Crippen LogP contribution in [0, 0.1) is 5.41 Å². The summed E-state index contributed by atoms with van der Waals surface area (Å²) in [5.41, 5.74) is 1.30. The van der Waals surface area contributed by atoms with E-state index in [1.54, 1.807) is 42.5 Å². The molecular weight excluding hydrogens is 366 g/mol. The van der Waals surface area contributed by atoms with Gasteiger partial charge in [0.15, 0.2) is 5.17 Å². The Morgan fingerprint density at radius 1 is 1.15 bits per heavy atom. The Bertz CT molecular complexity index is 1070. The van der Waals surface area contributed by atoms with Gasteiger partial charge < -0.3 is 4.42 Å². The maximum absolute atomic E-state index is 12.3. The fourth-order valence-electron chi connectivity index (χ4n) is 2.85. The number of benzene rings is 1. The van der Waals surface area contributed by atoms with E-state index in [1.807, 2.05) is 0 Å². The zero-order valence-corrected chi connectivity index (χ0v) is 14.8. The molecule has 0 spiro atoms. The van der Waals surface area contributed by atoms with Gasteiger partial charge in [0.1, 0.15) is 11.5 Å². The van der Waals surface area contributed by atoms with Crippen molar-refractivity contribution in [3.63, 3.8) is 0 Å². The summed E-state index contributed by atoms with van der Waals surface area (Å²) in [6.45, 7) is 3.87. The maximum Gasteiger partial charge on any atom is 0.267 e. The number of carbonyl (C=O) groups is 3. The number of furan rings is 1. The minimum absolute atomic E-state index is 0.146. The van der Waals surface area contributed by atoms with Crippen LogP contribution in [0.3, 0.4) is 0 Å². The second-order valence-corrected chi connectivity index (χ2v) is 6.90. The highest BCUT2D eigenvalue weighted by atomic mass is 32.2. The summed E-state index contributed by atoms with van der Waals surface area (Å²) in [5, 5.41) is 10.3. The van der Waals surface area contributed by atoms with E-state index >= 15 is 0 Å². The number of nitrogens with one attached hydrogen (secondary N) is 2. The molecule has 1 saturated heterocycles. The number of fused-ring (bicyclic) bond motifs is 1. The van der Waals surface area contributed by atoms with Crippen molar-refractivity contribution < 1.29 is 18.8 Å². The molecule has 3 amide bonds. The van der Waals surface area contributed by atoms with Crippen LogP contribution in [0.5, 0.6) is 0 Å². The van der Waals surface area contributed by atoms with E-state index in [9.17, 15) is 14.4 Å². The molecule has 27 heavy (non-hydrogen) atoms. The molecule has 0 aliphatic carbocycles. The SMILES string of the molecule is C=CCN1C(=N)S/C(=C\c2ccc(-c3ccc4c(c3)C(=O)NC4=O)o2)C1=O. The third kappa shape index (κ3) is 2.89. The van der Waals surface area contributed by atoms with Crippen LogP contribution in [-0.2, 0) is 4.79 Å². The van der Waals surface area contributed by atoms with Gasteiger partial charge in [0.2, 0.25) is 0 Å². The fraction of sp³-hybridized carbons (Fsp3) is 0.0526. The molecule has 0 bridgehead atoms. The van der Waals surface area contributed by atoms with Gasteiger partial charge in [-0.1, -0.05) is 12.1 Å². The Kier molecular flexibility index (Phi) is 4.04. The first-order valence-corrected chi connectivity index (χ1v) is 8.80. The molecule has 3 heterocycles. The lowest BCUT2D eigenvalue weighted by molar-refractivity contribution is -0.121. The van der Waals surface area contributed by atoms with Crippen molar-refractivity contribution in [2.24, 2.45) is 0 Å². The molecule has 1 aromatic heterocycles. The van der Waals surface area contributed by atoms with E-state index in [0.717, 1.165) is 11.8 Å². The van der Waals surface area contributed by atoms with Crippen LogP contribution in [0.25, 0.3) is 17.4 Å². The van der Waals surface area contributed by atoms with Crippen LogP contribution >= 0.6 is 11.8 Å². The van der Waals surface area contributed by atoms with Crippen molar-refractivity contribution in [2.45, 2.75) is 0 Å². The van der Waals surface area contributed by atoms with Crippen molar-refractivity contribution in [1.29, 1.82) is 5.41 Å². The standard InChI is InChI=1S/C19H13N3O4S/c1-2-7-22-18(25)15(27-19(22)20)9-11-4-6-14(26-11)10-3-5-12-13(8-10)17(24)21-16(12)23/h2-6,8-9,20H,1,7H2,(H,21,23,24)/b15-9-,20-19?. The molecule has 2 aliphatic rings. The summed E-state index contributed by atoms with van der Waals surface area (Å²) < 4.78 is 5.76. The molecule has 1 fully saturated rings. The molecule has 0 unspecified atom stereocenters. The van der Waals surface area contributed by atoms with Crippen LogP contribution < -0.4 is 5.32 Å². The summed E-state index contributed by atoms with van der Waals surface area (Å²) in [6.07, 6.45) is 3.15. The van der Waals surface area contributed by atoms with Gasteiger partial charge in [-0.25, -0.2) is 0 Å². The summed E-state index contributed by atoms with van der Waals surface area (Å²) >= 11 is 1.06. The van der Waals surface area contributed by atoms with Crippen molar-refractivity contribution in [2.75, 3.05) is 6.54 Å².